The molecule has 2 N–H and O–H groups in total. The summed E-state index contributed by atoms with van der Waals surface area (Å²) in [6.45, 7) is 3.62. The molecule has 1 aliphatic rings. The van der Waals surface area contributed by atoms with Crippen LogP contribution in [0.3, 0.4) is 0 Å². The Hall–Kier alpha value is -2.86. The lowest BCUT2D eigenvalue weighted by atomic mass is 9.94. The zero-order chi connectivity index (χ0) is 19.0. The van der Waals surface area contributed by atoms with E-state index in [1.165, 1.54) is 0 Å². The van der Waals surface area contributed by atoms with Gasteiger partial charge in [0.25, 0.3) is 5.91 Å². The maximum atomic E-state index is 12.8. The molecule has 27 heavy (non-hydrogen) atoms. The summed E-state index contributed by atoms with van der Waals surface area (Å²) in [7, 11) is 1.95. The predicted molar refractivity (Wildman–Crippen MR) is 105 cm³/mol. The average Bonchev–Trinajstić information content (AvgIpc) is 3.04. The summed E-state index contributed by atoms with van der Waals surface area (Å²) in [4.78, 5) is 25.4. The topological polar surface area (TPSA) is 76.3 Å². The predicted octanol–water partition coefficient (Wildman–Crippen LogP) is 3.16. The molecule has 0 unspecified atom stereocenters. The second kappa shape index (κ2) is 7.04. The third-order valence-electron chi connectivity index (χ3n) is 5.31. The molecule has 3 heterocycles. The SMILES string of the molecule is Cc1cc(C2CCNCC2)oc(=O)c1C(=O)Nc1cccc2c1ccn2C. The van der Waals surface area contributed by atoms with E-state index in [1.807, 2.05) is 48.1 Å². The minimum atomic E-state index is -0.568. The number of aryl methyl sites for hydroxylation is 2. The minimum absolute atomic E-state index is 0.0700. The fourth-order valence-corrected chi connectivity index (χ4v) is 3.81. The van der Waals surface area contributed by atoms with E-state index >= 15 is 0 Å². The Morgan fingerprint density at radius 1 is 1.26 bits per heavy atom. The average molecular weight is 365 g/mol. The van der Waals surface area contributed by atoms with Crippen molar-refractivity contribution in [2.45, 2.75) is 25.7 Å². The molecule has 0 radical (unpaired) electrons. The van der Waals surface area contributed by atoms with Crippen LogP contribution >= 0.6 is 0 Å². The number of rotatable bonds is 3. The number of amides is 1. The third kappa shape index (κ3) is 3.28. The van der Waals surface area contributed by atoms with Gasteiger partial charge >= 0.3 is 5.63 Å². The van der Waals surface area contributed by atoms with E-state index in [2.05, 4.69) is 10.6 Å². The van der Waals surface area contributed by atoms with Gasteiger partial charge in [-0.1, -0.05) is 6.07 Å². The second-order valence-electron chi connectivity index (χ2n) is 7.14. The van der Waals surface area contributed by atoms with Crippen molar-refractivity contribution in [1.82, 2.24) is 9.88 Å². The summed E-state index contributed by atoms with van der Waals surface area (Å²) in [5, 5.41) is 7.11. The van der Waals surface area contributed by atoms with E-state index in [0.717, 1.165) is 36.8 Å². The first-order chi connectivity index (χ1) is 13.0. The molecule has 0 aliphatic carbocycles. The monoisotopic (exact) mass is 365 g/mol. The smallest absolute Gasteiger partial charge is 0.349 e. The van der Waals surface area contributed by atoms with Crippen molar-refractivity contribution in [1.29, 1.82) is 0 Å². The number of carbonyl (C=O) groups is 1. The van der Waals surface area contributed by atoms with Gasteiger partial charge in [-0.2, -0.15) is 0 Å². The van der Waals surface area contributed by atoms with Crippen LogP contribution in [0.5, 0.6) is 0 Å². The fourth-order valence-electron chi connectivity index (χ4n) is 3.81. The summed E-state index contributed by atoms with van der Waals surface area (Å²) in [5.74, 6) is 0.475. The highest BCUT2D eigenvalue weighted by Gasteiger charge is 2.23. The summed E-state index contributed by atoms with van der Waals surface area (Å²) in [6, 6.07) is 9.49. The number of nitrogens with one attached hydrogen (secondary N) is 2. The highest BCUT2D eigenvalue weighted by atomic mass is 16.4. The highest BCUT2D eigenvalue weighted by molar-refractivity contribution is 6.09. The van der Waals surface area contributed by atoms with Crippen LogP contribution in [0.2, 0.25) is 0 Å². The molecule has 0 spiro atoms. The largest absolute Gasteiger partial charge is 0.427 e. The van der Waals surface area contributed by atoms with E-state index in [9.17, 15) is 9.59 Å². The molecule has 3 aromatic rings. The molecule has 1 aliphatic heterocycles. The lowest BCUT2D eigenvalue weighted by molar-refractivity contribution is 0.102. The van der Waals surface area contributed by atoms with Crippen LogP contribution < -0.4 is 16.3 Å². The van der Waals surface area contributed by atoms with Gasteiger partial charge in [-0.3, -0.25) is 4.79 Å². The minimum Gasteiger partial charge on any atom is -0.427 e. The number of nitrogens with zero attached hydrogens (tertiary/aromatic N) is 1. The number of anilines is 1. The van der Waals surface area contributed by atoms with Crippen molar-refractivity contribution in [2.75, 3.05) is 18.4 Å². The molecule has 0 atom stereocenters. The van der Waals surface area contributed by atoms with Crippen LogP contribution in [0, 0.1) is 6.92 Å². The zero-order valence-corrected chi connectivity index (χ0v) is 15.5. The molecule has 1 aromatic carbocycles. The van der Waals surface area contributed by atoms with Gasteiger partial charge in [-0.05, 0) is 62.7 Å². The first-order valence-corrected chi connectivity index (χ1v) is 9.25. The number of hydrogen-bond donors (Lipinski definition) is 2. The van der Waals surface area contributed by atoms with Gasteiger partial charge in [-0.15, -0.1) is 0 Å². The summed E-state index contributed by atoms with van der Waals surface area (Å²) < 4.78 is 7.52. The van der Waals surface area contributed by atoms with E-state index in [-0.39, 0.29) is 11.5 Å². The maximum absolute atomic E-state index is 12.8. The van der Waals surface area contributed by atoms with Crippen LogP contribution in [0.25, 0.3) is 10.9 Å². The highest BCUT2D eigenvalue weighted by Crippen LogP contribution is 2.27. The van der Waals surface area contributed by atoms with Crippen LogP contribution in [-0.2, 0) is 7.05 Å². The molecule has 1 amide bonds. The first-order valence-electron chi connectivity index (χ1n) is 9.25. The molecule has 2 aromatic heterocycles. The Kier molecular flexibility index (Phi) is 4.58. The Labute approximate surface area is 157 Å². The summed E-state index contributed by atoms with van der Waals surface area (Å²) >= 11 is 0. The molecule has 140 valence electrons. The number of aromatic nitrogens is 1. The van der Waals surface area contributed by atoms with Crippen LogP contribution in [0.4, 0.5) is 5.69 Å². The Bertz CT molecular complexity index is 1060. The van der Waals surface area contributed by atoms with Crippen LogP contribution in [0.1, 0.15) is 40.4 Å². The molecule has 6 nitrogen and oxygen atoms in total. The zero-order valence-electron chi connectivity index (χ0n) is 15.5. The fraction of sp³-hybridized carbons (Fsp3) is 0.333. The van der Waals surface area contributed by atoms with Crippen molar-refractivity contribution in [2.24, 2.45) is 7.05 Å². The van der Waals surface area contributed by atoms with Crippen molar-refractivity contribution < 1.29 is 9.21 Å². The number of fused-ring (bicyclic) bond motifs is 1. The second-order valence-corrected chi connectivity index (χ2v) is 7.14. The van der Waals surface area contributed by atoms with Gasteiger partial charge < -0.3 is 19.6 Å². The van der Waals surface area contributed by atoms with Gasteiger partial charge in [0.1, 0.15) is 11.3 Å². The molecule has 0 saturated carbocycles. The van der Waals surface area contributed by atoms with E-state index < -0.39 is 11.5 Å². The number of piperidine rings is 1. The standard InChI is InChI=1S/C21H23N3O3/c1-13-12-18(14-6-9-22-10-7-14)27-21(26)19(13)20(25)23-16-4-3-5-17-15(16)8-11-24(17)2/h3-5,8,11-12,14,22H,6-7,9-10H2,1-2H3,(H,23,25). The van der Waals surface area contributed by atoms with E-state index in [4.69, 9.17) is 4.42 Å². The van der Waals surface area contributed by atoms with Gasteiger partial charge in [-0.25, -0.2) is 4.79 Å². The molecular formula is C21H23N3O3. The number of benzene rings is 1. The maximum Gasteiger partial charge on any atom is 0.349 e. The quantitative estimate of drug-likeness (QED) is 0.748. The molecule has 4 rings (SSSR count). The Morgan fingerprint density at radius 3 is 2.78 bits per heavy atom. The first kappa shape index (κ1) is 17.5. The molecule has 6 heteroatoms. The van der Waals surface area contributed by atoms with Crippen molar-refractivity contribution in [3.8, 4) is 0 Å². The summed E-state index contributed by atoms with van der Waals surface area (Å²) in [6.07, 6.45) is 3.81. The number of carbonyl (C=O) groups excluding carboxylic acids is 1. The van der Waals surface area contributed by atoms with Crippen LogP contribution in [0.15, 0.2) is 45.7 Å². The normalized spacial score (nSPS) is 15.2. The van der Waals surface area contributed by atoms with Gasteiger partial charge in [0.05, 0.1) is 5.69 Å². The van der Waals surface area contributed by atoms with Crippen molar-refractivity contribution in [3.05, 3.63) is 63.8 Å². The molecule has 1 saturated heterocycles. The Balaban J connectivity index is 1.64. The van der Waals surface area contributed by atoms with Gasteiger partial charge in [0.2, 0.25) is 0 Å². The molecule has 0 bridgehead atoms. The lowest BCUT2D eigenvalue weighted by Gasteiger charge is -2.22. The van der Waals surface area contributed by atoms with Crippen molar-refractivity contribution in [3.63, 3.8) is 0 Å². The van der Waals surface area contributed by atoms with Crippen molar-refractivity contribution >= 4 is 22.5 Å². The van der Waals surface area contributed by atoms with E-state index in [0.29, 0.717) is 17.0 Å². The molecular weight excluding hydrogens is 342 g/mol. The lowest BCUT2D eigenvalue weighted by Crippen LogP contribution is -2.28. The Morgan fingerprint density at radius 2 is 2.04 bits per heavy atom. The van der Waals surface area contributed by atoms with E-state index in [1.54, 1.807) is 6.92 Å². The van der Waals surface area contributed by atoms with Crippen LogP contribution in [-0.4, -0.2) is 23.6 Å². The molecule has 1 fully saturated rings. The third-order valence-corrected chi connectivity index (χ3v) is 5.31. The summed E-state index contributed by atoms with van der Waals surface area (Å²) in [5.41, 5.74) is 1.84. The van der Waals surface area contributed by atoms with Gasteiger partial charge in [0, 0.05) is 30.1 Å². The number of hydrogen-bond acceptors (Lipinski definition) is 4. The van der Waals surface area contributed by atoms with Gasteiger partial charge in [0.15, 0.2) is 0 Å².